The Morgan fingerprint density at radius 3 is 2.27 bits per heavy atom. The van der Waals surface area contributed by atoms with Crippen LogP contribution in [-0.2, 0) is 26.6 Å². The predicted octanol–water partition coefficient (Wildman–Crippen LogP) is 6.26. The number of rotatable bonds is 6. The van der Waals surface area contributed by atoms with Crippen molar-refractivity contribution in [3.63, 3.8) is 0 Å². The molecule has 5 rings (SSSR count). The summed E-state index contributed by atoms with van der Waals surface area (Å²) >= 11 is 6.19. The summed E-state index contributed by atoms with van der Waals surface area (Å²) in [5.41, 5.74) is -1.86. The number of carbonyl (C=O) groups is 2. The number of aromatic hydroxyl groups is 1. The Hall–Kier alpha value is -3.33. The van der Waals surface area contributed by atoms with Gasteiger partial charge in [-0.1, -0.05) is 23.3 Å². The van der Waals surface area contributed by atoms with E-state index in [4.69, 9.17) is 16.3 Å². The highest BCUT2D eigenvalue weighted by Gasteiger charge is 2.58. The van der Waals surface area contributed by atoms with Crippen molar-refractivity contribution in [2.45, 2.75) is 51.0 Å². The van der Waals surface area contributed by atoms with Crippen LogP contribution >= 0.6 is 11.6 Å². The molecule has 2 heterocycles. The molecule has 15 heteroatoms. The number of aliphatic hydroxyl groups is 1. The van der Waals surface area contributed by atoms with Gasteiger partial charge in [0.2, 0.25) is 11.8 Å². The number of phenols is 1. The van der Waals surface area contributed by atoms with Crippen molar-refractivity contribution in [3.05, 3.63) is 74.8 Å². The largest absolute Gasteiger partial charge is 0.508 e. The second-order valence-electron chi connectivity index (χ2n) is 11.5. The lowest BCUT2D eigenvalue weighted by molar-refractivity contribution is -0.143. The molecular weight excluding hydrogens is 631 g/mol. The number of imide groups is 1. The van der Waals surface area contributed by atoms with Crippen LogP contribution in [0.5, 0.6) is 5.75 Å². The molecule has 0 saturated carbocycles. The summed E-state index contributed by atoms with van der Waals surface area (Å²) in [5.74, 6) is -5.18. The highest BCUT2D eigenvalue weighted by atomic mass is 35.5. The summed E-state index contributed by atoms with van der Waals surface area (Å²) < 4.78 is 87.1. The Morgan fingerprint density at radius 1 is 1.04 bits per heavy atom. The number of amides is 2. The van der Waals surface area contributed by atoms with E-state index in [0.29, 0.717) is 45.2 Å². The molecule has 0 unspecified atom stereocenters. The molecule has 7 nitrogen and oxygen atoms in total. The van der Waals surface area contributed by atoms with E-state index in [1.165, 1.54) is 12.1 Å². The topological polar surface area (TPSA) is 107 Å². The van der Waals surface area contributed by atoms with Crippen LogP contribution in [0.25, 0.3) is 6.08 Å². The smallest absolute Gasteiger partial charge is 0.455 e. The van der Waals surface area contributed by atoms with Gasteiger partial charge < -0.3 is 19.9 Å². The van der Waals surface area contributed by atoms with E-state index in [1.807, 2.05) is 6.92 Å². The van der Waals surface area contributed by atoms with Gasteiger partial charge in [-0.15, -0.1) is 0 Å². The number of allylic oxidation sites excluding steroid dienone is 1. The van der Waals surface area contributed by atoms with Crippen LogP contribution in [0.2, 0.25) is 11.3 Å². The summed E-state index contributed by atoms with van der Waals surface area (Å²) in [6, 6.07) is 5.06. The number of fused-ring (bicyclic) bond motifs is 3. The van der Waals surface area contributed by atoms with Crippen LogP contribution in [0.15, 0.2) is 53.1 Å². The Morgan fingerprint density at radius 2 is 1.69 bits per heavy atom. The molecule has 1 aliphatic carbocycles. The van der Waals surface area contributed by atoms with Gasteiger partial charge in [-0.3, -0.25) is 9.59 Å². The number of nitrogens with zero attached hydrogens (tertiary/aromatic N) is 1. The molecule has 2 fully saturated rings. The van der Waals surface area contributed by atoms with E-state index in [1.54, 1.807) is 12.1 Å². The summed E-state index contributed by atoms with van der Waals surface area (Å²) in [6.07, 6.45) is -9.04. The molecule has 4 atom stereocenters. The molecule has 3 aliphatic rings. The van der Waals surface area contributed by atoms with Gasteiger partial charge in [-0.2, -0.15) is 26.3 Å². The van der Waals surface area contributed by atoms with Crippen molar-refractivity contribution >= 4 is 42.3 Å². The van der Waals surface area contributed by atoms with Crippen LogP contribution in [0.1, 0.15) is 42.9 Å². The maximum atomic E-state index is 13.8. The van der Waals surface area contributed by atoms with Crippen molar-refractivity contribution in [2.24, 2.45) is 17.8 Å². The molecule has 2 aromatic rings. The Bertz CT molecular complexity index is 1560. The van der Waals surface area contributed by atoms with E-state index >= 15 is 0 Å². The second-order valence-corrected chi connectivity index (χ2v) is 11.9. The van der Waals surface area contributed by atoms with Crippen molar-refractivity contribution in [1.29, 1.82) is 0 Å². The lowest BCUT2D eigenvalue weighted by atomic mass is 9.58. The minimum Gasteiger partial charge on any atom is -0.508 e. The highest BCUT2D eigenvalue weighted by molar-refractivity contribution is 6.43. The summed E-state index contributed by atoms with van der Waals surface area (Å²) in [4.78, 5) is 27.6. The van der Waals surface area contributed by atoms with Gasteiger partial charge in [0, 0.05) is 0 Å². The number of hydrogen-bond acceptors (Lipinski definition) is 6. The standard InChI is InChI=1S/C30H27BClF6NO6/c1-14(6-15-3-4-20(41)11-23(15)32)2-5-24-25-16(13-40)7-21-26(22(25)12-31(44)45-24)28(43)39(27(21)42)19-9-17(29(33,34)35)8-18(10-19)30(36,37)38/h3-4,6,8-11,21-22,24,26,40-41,44H,2,5,7,12-13H2,1H3/b14-6+/t21-,22+,24-,26-/m1/s1. The molecule has 240 valence electrons. The first kappa shape index (κ1) is 33.1. The average molecular weight is 658 g/mol. The number of benzene rings is 2. The molecular formula is C30H27BClF6NO6. The summed E-state index contributed by atoms with van der Waals surface area (Å²) in [6.45, 7) is 1.28. The van der Waals surface area contributed by atoms with Crippen LogP contribution in [0.4, 0.5) is 32.0 Å². The van der Waals surface area contributed by atoms with E-state index in [-0.39, 0.29) is 31.0 Å². The predicted molar refractivity (Wildman–Crippen MR) is 152 cm³/mol. The van der Waals surface area contributed by atoms with Gasteiger partial charge in [0.15, 0.2) is 0 Å². The van der Waals surface area contributed by atoms with Gasteiger partial charge >= 0.3 is 19.5 Å². The summed E-state index contributed by atoms with van der Waals surface area (Å²) in [7, 11) is -1.39. The third-order valence-corrected chi connectivity index (χ3v) is 8.84. The third kappa shape index (κ3) is 6.51. The fraction of sp³-hybridized carbons (Fsp3) is 0.400. The number of phenolic OH excluding ortho intramolecular Hbond substituents is 1. The van der Waals surface area contributed by atoms with Crippen LogP contribution in [-0.4, -0.2) is 46.9 Å². The fourth-order valence-electron chi connectivity index (χ4n) is 6.56. The molecule has 2 aliphatic heterocycles. The first-order chi connectivity index (χ1) is 21.0. The van der Waals surface area contributed by atoms with E-state index in [9.17, 15) is 51.2 Å². The maximum Gasteiger partial charge on any atom is 0.455 e. The van der Waals surface area contributed by atoms with Crippen molar-refractivity contribution in [1.82, 2.24) is 0 Å². The van der Waals surface area contributed by atoms with Gasteiger partial charge in [-0.05, 0) is 91.5 Å². The molecule has 45 heavy (non-hydrogen) atoms. The molecule has 0 radical (unpaired) electrons. The van der Waals surface area contributed by atoms with Crippen molar-refractivity contribution in [2.75, 3.05) is 11.5 Å². The lowest BCUT2D eigenvalue weighted by Crippen LogP contribution is -2.46. The number of halogens is 7. The zero-order valence-electron chi connectivity index (χ0n) is 23.6. The van der Waals surface area contributed by atoms with E-state index < -0.39 is 78.6 Å². The minimum absolute atomic E-state index is 0.00290. The minimum atomic E-state index is -5.19. The molecule has 2 amide bonds. The zero-order valence-corrected chi connectivity index (χ0v) is 24.4. The molecule has 0 spiro atoms. The van der Waals surface area contributed by atoms with Gasteiger partial charge in [0.25, 0.3) is 0 Å². The summed E-state index contributed by atoms with van der Waals surface area (Å²) in [5, 5.41) is 30.8. The van der Waals surface area contributed by atoms with Gasteiger partial charge in [-0.25, -0.2) is 4.90 Å². The van der Waals surface area contributed by atoms with Crippen molar-refractivity contribution in [3.8, 4) is 5.75 Å². The van der Waals surface area contributed by atoms with Gasteiger partial charge in [0.1, 0.15) is 5.75 Å². The fourth-order valence-corrected chi connectivity index (χ4v) is 6.79. The number of aliphatic hydroxyl groups excluding tert-OH is 1. The van der Waals surface area contributed by atoms with Crippen LogP contribution < -0.4 is 4.90 Å². The average Bonchev–Trinajstić information content (AvgIpc) is 3.20. The number of alkyl halides is 6. The Kier molecular flexibility index (Phi) is 8.90. The molecule has 0 aromatic heterocycles. The molecule has 2 aromatic carbocycles. The van der Waals surface area contributed by atoms with E-state index in [0.717, 1.165) is 5.57 Å². The lowest BCUT2D eigenvalue weighted by Gasteiger charge is -2.42. The van der Waals surface area contributed by atoms with Crippen LogP contribution in [0, 0.1) is 17.8 Å². The SMILES string of the molecule is C/C(=C\c1ccc(O)cc1Cl)CC[C@H]1OB(O)C[C@H]2C1=C(CO)C[C@H]1C(=O)N(c3cc(C(F)(F)F)cc(C(F)(F)F)c3)C(=O)[C@H]12. The number of anilines is 1. The third-order valence-electron chi connectivity index (χ3n) is 8.52. The van der Waals surface area contributed by atoms with Crippen LogP contribution in [0.3, 0.4) is 0 Å². The molecule has 3 N–H and O–H groups in total. The second kappa shape index (κ2) is 12.1. The number of carbonyl (C=O) groups excluding carboxylic acids is 2. The maximum absolute atomic E-state index is 13.8. The monoisotopic (exact) mass is 657 g/mol. The first-order valence-corrected chi connectivity index (χ1v) is 14.4. The normalized spacial score (nSPS) is 24.4. The van der Waals surface area contributed by atoms with Gasteiger partial charge in [0.05, 0.1) is 46.4 Å². The Labute approximate surface area is 258 Å². The quantitative estimate of drug-likeness (QED) is 0.147. The first-order valence-electron chi connectivity index (χ1n) is 14.0. The number of hydrogen-bond donors (Lipinski definition) is 3. The van der Waals surface area contributed by atoms with Crippen molar-refractivity contribution < 1.29 is 55.8 Å². The Balaban J connectivity index is 1.46. The van der Waals surface area contributed by atoms with E-state index in [2.05, 4.69) is 0 Å². The molecule has 0 bridgehead atoms. The zero-order chi connectivity index (χ0) is 33.0. The molecule has 2 saturated heterocycles. The highest BCUT2D eigenvalue weighted by Crippen LogP contribution is 2.52.